The molecule has 0 atom stereocenters. The Balaban J connectivity index is 0.807. The largest absolute Gasteiger partial charge is 0.457 e. The average molecular weight is 1070 g/mol. The van der Waals surface area contributed by atoms with Crippen molar-refractivity contribution in [1.29, 1.82) is 0 Å². The monoisotopic (exact) mass is 1070 g/mol. The lowest BCUT2D eigenvalue weighted by atomic mass is 9.88. The van der Waals surface area contributed by atoms with Crippen LogP contribution in [-0.4, -0.2) is 21.1 Å². The molecule has 0 unspecified atom stereocenters. The highest BCUT2D eigenvalue weighted by atomic mass is 16.5. The van der Waals surface area contributed by atoms with Gasteiger partial charge in [0, 0.05) is 50.9 Å². The van der Waals surface area contributed by atoms with Crippen molar-refractivity contribution in [1.82, 2.24) is 14.5 Å². The van der Waals surface area contributed by atoms with Gasteiger partial charge in [-0.3, -0.25) is 9.47 Å². The zero-order valence-electron chi connectivity index (χ0n) is 50.2. The van der Waals surface area contributed by atoms with Gasteiger partial charge in [-0.15, -0.1) is 0 Å². The van der Waals surface area contributed by atoms with Crippen molar-refractivity contribution in [2.75, 3.05) is 11.6 Å². The van der Waals surface area contributed by atoms with Crippen LogP contribution in [0.1, 0.15) is 23.5 Å². The van der Waals surface area contributed by atoms with E-state index in [9.17, 15) is 0 Å². The first kappa shape index (κ1) is 43.9. The van der Waals surface area contributed by atoms with E-state index < -0.39 is 6.04 Å². The number of aryl methyl sites for hydroxylation is 1. The minimum absolute atomic E-state index is 0.171. The predicted molar refractivity (Wildman–Crippen MR) is 340 cm³/mol. The second-order valence-electron chi connectivity index (χ2n) is 20.8. The van der Waals surface area contributed by atoms with Gasteiger partial charge in [-0.1, -0.05) is 243 Å². The van der Waals surface area contributed by atoms with Crippen LogP contribution in [0.4, 0.5) is 5.69 Å². The van der Waals surface area contributed by atoms with Crippen LogP contribution in [0.3, 0.4) is 0 Å². The van der Waals surface area contributed by atoms with Gasteiger partial charge in [0.15, 0.2) is 0 Å². The highest BCUT2D eigenvalue weighted by Crippen LogP contribution is 2.53. The van der Waals surface area contributed by atoms with Crippen LogP contribution in [0.2, 0.25) is 0 Å². The van der Waals surface area contributed by atoms with E-state index in [4.69, 9.17) is 21.3 Å². The van der Waals surface area contributed by atoms with E-state index in [1.807, 2.05) is 48.9 Å². The maximum absolute atomic E-state index is 8.52. The lowest BCUT2D eigenvalue weighted by molar-refractivity contribution is 0.297. The summed E-state index contributed by atoms with van der Waals surface area (Å²) in [5.74, 6) is 2.78. The van der Waals surface area contributed by atoms with Crippen molar-refractivity contribution in [3.63, 3.8) is 0 Å². The van der Waals surface area contributed by atoms with Crippen LogP contribution in [0.15, 0.2) is 303 Å². The quantitative estimate of drug-likeness (QED) is 0.122. The number of aromatic nitrogens is 2. The van der Waals surface area contributed by atoms with Crippen molar-refractivity contribution in [2.45, 2.75) is 6.92 Å². The van der Waals surface area contributed by atoms with Crippen molar-refractivity contribution in [2.24, 2.45) is 0 Å². The Morgan fingerprint density at radius 1 is 0.434 bits per heavy atom. The van der Waals surface area contributed by atoms with Gasteiger partial charge in [0.1, 0.15) is 35.9 Å². The van der Waals surface area contributed by atoms with Gasteiger partial charge in [0.25, 0.3) is 0 Å². The number of hydrogen-bond acceptors (Lipinski definition) is 5. The molecule has 83 heavy (non-hydrogen) atoms. The van der Waals surface area contributed by atoms with E-state index in [0.29, 0.717) is 23.7 Å². The maximum Gasteiger partial charge on any atom is 0.226 e. The molecule has 0 amide bonds. The number of nitrogens with zero attached hydrogens (tertiary/aromatic N) is 4. The summed E-state index contributed by atoms with van der Waals surface area (Å²) >= 11 is 0. The molecule has 0 saturated carbocycles. The molecule has 11 aromatic carbocycles. The fraction of sp³-hybridized carbons (Fsp3) is 0.0260. The van der Waals surface area contributed by atoms with Crippen molar-refractivity contribution in [3.05, 3.63) is 320 Å². The van der Waals surface area contributed by atoms with E-state index >= 15 is 0 Å². The molecule has 2 aliphatic heterocycles. The summed E-state index contributed by atoms with van der Waals surface area (Å²) in [5, 5.41) is 2.14. The van der Waals surface area contributed by atoms with Gasteiger partial charge >= 0.3 is 0 Å². The summed E-state index contributed by atoms with van der Waals surface area (Å²) in [6, 6.07) is 86.5. The molecule has 0 saturated heterocycles. The molecule has 2 aliphatic rings. The molecule has 0 fully saturated rings. The standard InChI is InChI=1S/C77H54N4O2/c1-52-46-73(78-49-69(52)59-42-40-54(41-43-59)53-22-7-2-8-23-53)81-70-39-18-17-34-67(70)68-45-44-62(48-71(68)81)83-61-33-19-32-60(47-61)72-50-82-77-76(74-63(55-24-9-3-10-25-55)35-20-36-64(74)56-26-11-4-12-27-56)80(51-79(72)77)75-65(57-28-13-5-14-29-57)37-21-38-66(75)58-30-15-6-16-31-58/h2-50H,51H2,1H3/i2D,7D,8D,22D,23D. The van der Waals surface area contributed by atoms with Crippen LogP contribution in [0.5, 0.6) is 11.5 Å². The minimum Gasteiger partial charge on any atom is -0.457 e. The van der Waals surface area contributed by atoms with Gasteiger partial charge in [0.2, 0.25) is 5.88 Å². The summed E-state index contributed by atoms with van der Waals surface area (Å²) in [6.07, 6.45) is 3.75. The number of hydrogen-bond donors (Lipinski definition) is 0. The van der Waals surface area contributed by atoms with E-state index in [0.717, 1.165) is 123 Å². The molecule has 4 heterocycles. The highest BCUT2D eigenvalue weighted by molar-refractivity contribution is 6.10. The number of rotatable bonds is 12. The molecule has 0 radical (unpaired) electrons. The number of para-hydroxylation sites is 2. The molecule has 0 bridgehead atoms. The Kier molecular flexibility index (Phi) is 11.1. The van der Waals surface area contributed by atoms with E-state index in [1.165, 1.54) is 0 Å². The third-order valence-corrected chi connectivity index (χ3v) is 15.8. The molecule has 2 aromatic heterocycles. The summed E-state index contributed by atoms with van der Waals surface area (Å²) < 4.78 is 57.6. The number of ether oxygens (including phenoxy) is 2. The normalized spacial score (nSPS) is 13.7. The smallest absolute Gasteiger partial charge is 0.226 e. The molecule has 394 valence electrons. The Morgan fingerprint density at radius 3 is 1.60 bits per heavy atom. The molecule has 0 aliphatic carbocycles. The third-order valence-electron chi connectivity index (χ3n) is 15.8. The summed E-state index contributed by atoms with van der Waals surface area (Å²) in [4.78, 5) is 9.85. The minimum atomic E-state index is -0.413. The van der Waals surface area contributed by atoms with Crippen LogP contribution >= 0.6 is 0 Å². The Hall–Kier alpha value is -11.0. The van der Waals surface area contributed by atoms with E-state index in [2.05, 4.69) is 228 Å². The lowest BCUT2D eigenvalue weighted by Gasteiger charge is -2.30. The fourth-order valence-electron chi connectivity index (χ4n) is 12.0. The first-order valence-corrected chi connectivity index (χ1v) is 27.8. The van der Waals surface area contributed by atoms with Gasteiger partial charge < -0.3 is 14.4 Å². The first-order valence-electron chi connectivity index (χ1n) is 30.3. The number of benzene rings is 11. The van der Waals surface area contributed by atoms with Crippen molar-refractivity contribution >= 4 is 38.9 Å². The van der Waals surface area contributed by atoms with Gasteiger partial charge in [0.05, 0.1) is 29.3 Å². The van der Waals surface area contributed by atoms with Crippen LogP contribution in [0.25, 0.3) is 106 Å². The Morgan fingerprint density at radius 2 is 0.964 bits per heavy atom. The zero-order chi connectivity index (χ0) is 59.6. The molecule has 6 nitrogen and oxygen atoms in total. The molecule has 6 heteroatoms. The molecular weight excluding hydrogens is 1010 g/mol. The Labute approximate surface area is 490 Å². The van der Waals surface area contributed by atoms with Crippen molar-refractivity contribution in [3.8, 4) is 84.1 Å². The van der Waals surface area contributed by atoms with E-state index in [1.54, 1.807) is 12.1 Å². The van der Waals surface area contributed by atoms with E-state index in [-0.39, 0.29) is 29.7 Å². The second kappa shape index (κ2) is 20.9. The van der Waals surface area contributed by atoms with Crippen molar-refractivity contribution < 1.29 is 16.3 Å². The SMILES string of the molecule is [2H]c1c([2H])c([2H])c(-c2ccc(-c3cnc(-n4c5ccccc5c5ccc(Oc6cccc(C7=COC8=C(c9c(-c%10ccccc%10)cccc9-c9ccccc9)N(c9c(-c%10ccccc%10)cccc9-c9ccccc9)CN78)c6)cc54)cc3C)cc2)c([2H])c1[2H]. The Bertz CT molecular complexity index is 4810. The fourth-order valence-corrected chi connectivity index (χ4v) is 12.0. The van der Waals surface area contributed by atoms with Crippen LogP contribution in [-0.2, 0) is 4.74 Å². The van der Waals surface area contributed by atoms with Gasteiger partial charge in [-0.2, -0.15) is 0 Å². The molecular formula is C77H54N4O2. The van der Waals surface area contributed by atoms with Gasteiger partial charge in [-0.25, -0.2) is 4.98 Å². The van der Waals surface area contributed by atoms with Gasteiger partial charge in [-0.05, 0) is 99.0 Å². The summed E-state index contributed by atoms with van der Waals surface area (Å²) in [5.41, 5.74) is 19.1. The topological polar surface area (TPSA) is 42.8 Å². The molecule has 0 spiro atoms. The summed E-state index contributed by atoms with van der Waals surface area (Å²) in [6.45, 7) is 2.50. The maximum atomic E-state index is 8.52. The average Bonchev–Trinajstić information content (AvgIpc) is 1.60. The molecule has 0 N–H and O–H groups in total. The number of anilines is 1. The van der Waals surface area contributed by atoms with Crippen LogP contribution in [0, 0.1) is 6.92 Å². The predicted octanol–water partition coefficient (Wildman–Crippen LogP) is 19.7. The first-order chi connectivity index (χ1) is 43.2. The second-order valence-corrected chi connectivity index (χ2v) is 20.8. The molecule has 15 rings (SSSR count). The number of pyridine rings is 1. The zero-order valence-corrected chi connectivity index (χ0v) is 45.2. The lowest BCUT2D eigenvalue weighted by Crippen LogP contribution is -2.27. The third kappa shape index (κ3) is 8.90. The molecule has 13 aromatic rings. The highest BCUT2D eigenvalue weighted by Gasteiger charge is 2.42. The van der Waals surface area contributed by atoms with Crippen LogP contribution < -0.4 is 9.64 Å². The number of fused-ring (bicyclic) bond motifs is 4. The summed E-state index contributed by atoms with van der Waals surface area (Å²) in [7, 11) is 0.